The van der Waals surface area contributed by atoms with Crippen LogP contribution in [0.2, 0.25) is 10.0 Å². The molecule has 2 N–H and O–H groups in total. The van der Waals surface area contributed by atoms with Crippen LogP contribution in [0.25, 0.3) is 10.9 Å². The van der Waals surface area contributed by atoms with Gasteiger partial charge in [0, 0.05) is 33.7 Å². The van der Waals surface area contributed by atoms with Gasteiger partial charge in [0.2, 0.25) is 5.95 Å². The Balaban J connectivity index is 1.67. The summed E-state index contributed by atoms with van der Waals surface area (Å²) in [4.78, 5) is 11.8. The first kappa shape index (κ1) is 18.3. The van der Waals surface area contributed by atoms with Crippen molar-refractivity contribution in [2.45, 2.75) is 18.9 Å². The second kappa shape index (κ2) is 7.89. The minimum absolute atomic E-state index is 0.346. The smallest absolute Gasteiger partial charge is 0.225 e. The second-order valence-corrected chi connectivity index (χ2v) is 7.81. The molecule has 0 radical (unpaired) electrons. The van der Waals surface area contributed by atoms with E-state index in [0.29, 0.717) is 22.0 Å². The molecule has 1 saturated heterocycles. The van der Waals surface area contributed by atoms with Gasteiger partial charge in [0.05, 0.1) is 5.52 Å². The van der Waals surface area contributed by atoms with Crippen molar-refractivity contribution in [1.29, 1.82) is 0 Å². The Morgan fingerprint density at radius 2 is 1.85 bits per heavy atom. The molecule has 3 aromatic rings. The van der Waals surface area contributed by atoms with Crippen molar-refractivity contribution in [3.8, 4) is 0 Å². The maximum Gasteiger partial charge on any atom is 0.225 e. The van der Waals surface area contributed by atoms with E-state index in [9.17, 15) is 0 Å². The molecule has 0 bridgehead atoms. The van der Waals surface area contributed by atoms with Crippen molar-refractivity contribution in [2.24, 2.45) is 0 Å². The number of fused-ring (bicyclic) bond motifs is 1. The van der Waals surface area contributed by atoms with E-state index < -0.39 is 0 Å². The molecular formula is C20H21Cl2N5. The zero-order valence-corrected chi connectivity index (χ0v) is 16.6. The van der Waals surface area contributed by atoms with Crippen molar-refractivity contribution < 1.29 is 0 Å². The molecule has 0 spiro atoms. The van der Waals surface area contributed by atoms with Crippen molar-refractivity contribution in [3.05, 3.63) is 52.5 Å². The number of hydrogen-bond acceptors (Lipinski definition) is 5. The summed E-state index contributed by atoms with van der Waals surface area (Å²) in [5, 5.41) is 8.94. The Kier molecular flexibility index (Phi) is 5.34. The number of rotatable bonds is 4. The van der Waals surface area contributed by atoms with Gasteiger partial charge in [-0.3, -0.25) is 0 Å². The summed E-state index contributed by atoms with van der Waals surface area (Å²) < 4.78 is 0. The number of nitrogens with one attached hydrogen (secondary N) is 2. The first-order valence-electron chi connectivity index (χ1n) is 9.02. The highest BCUT2D eigenvalue weighted by Crippen LogP contribution is 2.29. The lowest BCUT2D eigenvalue weighted by atomic mass is 10.1. The van der Waals surface area contributed by atoms with Crippen LogP contribution in [0.4, 0.5) is 17.5 Å². The van der Waals surface area contributed by atoms with Gasteiger partial charge in [0.1, 0.15) is 5.82 Å². The van der Waals surface area contributed by atoms with Gasteiger partial charge in [-0.15, -0.1) is 0 Å². The number of nitrogens with zero attached hydrogens (tertiary/aromatic N) is 3. The molecule has 2 heterocycles. The fourth-order valence-electron chi connectivity index (χ4n) is 3.47. The molecule has 140 valence electrons. The quantitative estimate of drug-likeness (QED) is 0.629. The molecule has 1 aromatic heterocycles. The SMILES string of the molecule is CN1CCCC(Nc2nc(Nc3cc(Cl)cc(Cl)c3)c3ccccc3n2)C1. The number of para-hydroxylation sites is 1. The van der Waals surface area contributed by atoms with Crippen molar-refractivity contribution >= 4 is 51.6 Å². The van der Waals surface area contributed by atoms with E-state index in [1.54, 1.807) is 6.07 Å². The van der Waals surface area contributed by atoms with Crippen molar-refractivity contribution in [2.75, 3.05) is 30.8 Å². The van der Waals surface area contributed by atoms with Crippen LogP contribution >= 0.6 is 23.2 Å². The van der Waals surface area contributed by atoms with Crippen LogP contribution < -0.4 is 10.6 Å². The summed E-state index contributed by atoms with van der Waals surface area (Å²) in [6.07, 6.45) is 2.29. The average molecular weight is 402 g/mol. The van der Waals surface area contributed by atoms with Gasteiger partial charge < -0.3 is 15.5 Å². The Hall–Kier alpha value is -2.08. The Bertz CT molecular complexity index is 942. The predicted octanol–water partition coefficient (Wildman–Crippen LogP) is 5.19. The second-order valence-electron chi connectivity index (χ2n) is 6.94. The van der Waals surface area contributed by atoms with Crippen LogP contribution in [0, 0.1) is 0 Å². The third kappa shape index (κ3) is 4.43. The number of hydrogen-bond donors (Lipinski definition) is 2. The molecule has 4 rings (SSSR count). The topological polar surface area (TPSA) is 53.1 Å². The van der Waals surface area contributed by atoms with Crippen LogP contribution in [0.1, 0.15) is 12.8 Å². The fourth-order valence-corrected chi connectivity index (χ4v) is 3.99. The first-order chi connectivity index (χ1) is 13.1. The number of aromatic nitrogens is 2. The lowest BCUT2D eigenvalue weighted by molar-refractivity contribution is 0.260. The van der Waals surface area contributed by atoms with E-state index in [1.807, 2.05) is 36.4 Å². The normalized spacial score (nSPS) is 17.8. The van der Waals surface area contributed by atoms with E-state index in [0.717, 1.165) is 41.9 Å². The third-order valence-electron chi connectivity index (χ3n) is 4.69. The highest BCUT2D eigenvalue weighted by atomic mass is 35.5. The van der Waals surface area contributed by atoms with Gasteiger partial charge in [-0.2, -0.15) is 4.98 Å². The van der Waals surface area contributed by atoms with Crippen LogP contribution in [0.5, 0.6) is 0 Å². The number of likely N-dealkylation sites (N-methyl/N-ethyl adjacent to an activating group) is 1. The lowest BCUT2D eigenvalue weighted by Gasteiger charge is -2.30. The molecule has 5 nitrogen and oxygen atoms in total. The van der Waals surface area contributed by atoms with Crippen molar-refractivity contribution in [1.82, 2.24) is 14.9 Å². The van der Waals surface area contributed by atoms with Crippen LogP contribution in [-0.2, 0) is 0 Å². The zero-order chi connectivity index (χ0) is 18.8. The predicted molar refractivity (Wildman–Crippen MR) is 113 cm³/mol. The third-order valence-corrected chi connectivity index (χ3v) is 5.12. The van der Waals surface area contributed by atoms with Gasteiger partial charge in [0.15, 0.2) is 0 Å². The zero-order valence-electron chi connectivity index (χ0n) is 15.0. The maximum absolute atomic E-state index is 6.13. The Morgan fingerprint density at radius 1 is 1.07 bits per heavy atom. The fraction of sp³-hybridized carbons (Fsp3) is 0.300. The molecular weight excluding hydrogens is 381 g/mol. The monoisotopic (exact) mass is 401 g/mol. The largest absolute Gasteiger partial charge is 0.350 e. The minimum atomic E-state index is 0.346. The molecule has 0 aliphatic carbocycles. The minimum Gasteiger partial charge on any atom is -0.350 e. The Labute approximate surface area is 168 Å². The Morgan fingerprint density at radius 3 is 2.63 bits per heavy atom. The molecule has 7 heteroatoms. The van der Waals surface area contributed by atoms with E-state index in [2.05, 4.69) is 22.6 Å². The number of piperidine rings is 1. The van der Waals surface area contributed by atoms with Gasteiger partial charge in [-0.1, -0.05) is 35.3 Å². The summed E-state index contributed by atoms with van der Waals surface area (Å²) in [6.45, 7) is 2.13. The van der Waals surface area contributed by atoms with Gasteiger partial charge in [-0.05, 0) is 56.8 Å². The highest BCUT2D eigenvalue weighted by molar-refractivity contribution is 6.35. The highest BCUT2D eigenvalue weighted by Gasteiger charge is 2.18. The van der Waals surface area contributed by atoms with Crippen LogP contribution in [0.15, 0.2) is 42.5 Å². The summed E-state index contributed by atoms with van der Waals surface area (Å²) in [6, 6.07) is 13.7. The summed E-state index contributed by atoms with van der Waals surface area (Å²) in [7, 11) is 2.14. The van der Waals surface area contributed by atoms with Crippen molar-refractivity contribution in [3.63, 3.8) is 0 Å². The van der Waals surface area contributed by atoms with E-state index in [-0.39, 0.29) is 0 Å². The summed E-state index contributed by atoms with van der Waals surface area (Å²) >= 11 is 12.3. The standard InChI is InChI=1S/C20H21Cl2N5/c1-27-8-4-5-15(12-27)24-20-25-18-7-3-2-6-17(18)19(26-20)23-16-10-13(21)9-14(22)11-16/h2-3,6-7,9-11,15H,4-5,8,12H2,1H3,(H2,23,24,25,26). The van der Waals surface area contributed by atoms with Gasteiger partial charge in [0.25, 0.3) is 0 Å². The number of anilines is 3. The molecule has 1 aliphatic rings. The average Bonchev–Trinajstić information content (AvgIpc) is 2.61. The van der Waals surface area contributed by atoms with E-state index >= 15 is 0 Å². The van der Waals surface area contributed by atoms with E-state index in [1.165, 1.54) is 6.42 Å². The maximum atomic E-state index is 6.13. The molecule has 1 atom stereocenters. The van der Waals surface area contributed by atoms with Gasteiger partial charge in [-0.25, -0.2) is 4.98 Å². The summed E-state index contributed by atoms with van der Waals surface area (Å²) in [5.74, 6) is 1.36. The molecule has 27 heavy (non-hydrogen) atoms. The molecule has 1 fully saturated rings. The van der Waals surface area contributed by atoms with E-state index in [4.69, 9.17) is 33.2 Å². The number of halogens is 2. The number of benzene rings is 2. The molecule has 1 aliphatic heterocycles. The molecule has 1 unspecified atom stereocenters. The summed E-state index contributed by atoms with van der Waals surface area (Å²) in [5.41, 5.74) is 1.68. The van der Waals surface area contributed by atoms with Gasteiger partial charge >= 0.3 is 0 Å². The lowest BCUT2D eigenvalue weighted by Crippen LogP contribution is -2.40. The molecule has 0 amide bonds. The van der Waals surface area contributed by atoms with Crippen LogP contribution in [0.3, 0.4) is 0 Å². The number of likely N-dealkylation sites (tertiary alicyclic amines) is 1. The first-order valence-corrected chi connectivity index (χ1v) is 9.77. The molecule has 2 aromatic carbocycles. The van der Waals surface area contributed by atoms with Crippen LogP contribution in [-0.4, -0.2) is 41.0 Å². The molecule has 0 saturated carbocycles.